The van der Waals surface area contributed by atoms with E-state index in [4.69, 9.17) is 21.3 Å². The van der Waals surface area contributed by atoms with E-state index in [1.807, 2.05) is 12.1 Å². The highest BCUT2D eigenvalue weighted by molar-refractivity contribution is 6.33. The number of aromatic nitrogens is 1. The fourth-order valence-corrected chi connectivity index (χ4v) is 5.35. The molecule has 184 valence electrons. The largest absolute Gasteiger partial charge is 0.379 e. The highest BCUT2D eigenvalue weighted by atomic mass is 35.5. The second kappa shape index (κ2) is 11.1. The molecule has 3 aromatic rings. The van der Waals surface area contributed by atoms with Gasteiger partial charge in [0.05, 0.1) is 29.4 Å². The van der Waals surface area contributed by atoms with E-state index in [0.29, 0.717) is 33.6 Å². The molecule has 7 heteroatoms. The number of hydrogen-bond donors (Lipinski definition) is 0. The van der Waals surface area contributed by atoms with Gasteiger partial charge >= 0.3 is 0 Å². The molecule has 0 bridgehead atoms. The van der Waals surface area contributed by atoms with E-state index in [9.17, 15) is 9.18 Å². The standard InChI is InChI=1S/C28H31ClFN3O2/c29-25-16-20(19-33-12-14-35-15-13-33)5-7-22(25)27-18-24(23-17-21(30)6-8-26(23)31-27)28(34)4-3-11-32-9-1-2-10-32/h5-8,16-18H,1-4,9-15,19H2. The van der Waals surface area contributed by atoms with Crippen LogP contribution in [-0.2, 0) is 11.3 Å². The summed E-state index contributed by atoms with van der Waals surface area (Å²) >= 11 is 6.71. The van der Waals surface area contributed by atoms with Gasteiger partial charge in [-0.1, -0.05) is 23.7 Å². The molecule has 2 saturated heterocycles. The highest BCUT2D eigenvalue weighted by Gasteiger charge is 2.18. The molecule has 2 aromatic carbocycles. The topological polar surface area (TPSA) is 45.7 Å². The number of pyridine rings is 1. The van der Waals surface area contributed by atoms with Gasteiger partial charge in [0, 0.05) is 42.6 Å². The Morgan fingerprint density at radius 1 is 1.00 bits per heavy atom. The number of fused-ring (bicyclic) bond motifs is 1. The first-order valence-electron chi connectivity index (χ1n) is 12.5. The van der Waals surface area contributed by atoms with Crippen molar-refractivity contribution in [3.63, 3.8) is 0 Å². The van der Waals surface area contributed by atoms with Gasteiger partial charge in [0.1, 0.15) is 5.82 Å². The molecule has 0 amide bonds. The van der Waals surface area contributed by atoms with Crippen molar-refractivity contribution in [1.29, 1.82) is 0 Å². The number of carbonyl (C=O) groups excluding carboxylic acids is 1. The third kappa shape index (κ3) is 5.89. The molecule has 5 rings (SSSR count). The number of benzene rings is 2. The van der Waals surface area contributed by atoms with Crippen LogP contribution in [-0.4, -0.2) is 66.5 Å². The summed E-state index contributed by atoms with van der Waals surface area (Å²) < 4.78 is 19.5. The number of ether oxygens (including phenoxy) is 1. The van der Waals surface area contributed by atoms with Crippen LogP contribution < -0.4 is 0 Å². The van der Waals surface area contributed by atoms with Gasteiger partial charge in [-0.3, -0.25) is 9.69 Å². The average molecular weight is 496 g/mol. The van der Waals surface area contributed by atoms with Crippen LogP contribution in [0.5, 0.6) is 0 Å². The van der Waals surface area contributed by atoms with E-state index in [1.165, 1.54) is 25.0 Å². The van der Waals surface area contributed by atoms with Crippen LogP contribution in [0.15, 0.2) is 42.5 Å². The summed E-state index contributed by atoms with van der Waals surface area (Å²) in [6.45, 7) is 7.28. The molecule has 0 N–H and O–H groups in total. The summed E-state index contributed by atoms with van der Waals surface area (Å²) in [5.74, 6) is -0.354. The lowest BCUT2D eigenvalue weighted by molar-refractivity contribution is 0.0342. The van der Waals surface area contributed by atoms with Gasteiger partial charge in [-0.2, -0.15) is 0 Å². The molecule has 5 nitrogen and oxygen atoms in total. The number of hydrogen-bond acceptors (Lipinski definition) is 5. The van der Waals surface area contributed by atoms with E-state index >= 15 is 0 Å². The Balaban J connectivity index is 1.40. The Hall–Kier alpha value is -2.38. The van der Waals surface area contributed by atoms with E-state index < -0.39 is 0 Å². The summed E-state index contributed by atoms with van der Waals surface area (Å²) in [7, 11) is 0. The van der Waals surface area contributed by atoms with Crippen molar-refractivity contribution in [1.82, 2.24) is 14.8 Å². The van der Waals surface area contributed by atoms with Gasteiger partial charge in [0.15, 0.2) is 5.78 Å². The van der Waals surface area contributed by atoms with Gasteiger partial charge in [-0.15, -0.1) is 0 Å². The van der Waals surface area contributed by atoms with Crippen molar-refractivity contribution in [2.75, 3.05) is 45.9 Å². The van der Waals surface area contributed by atoms with E-state index in [-0.39, 0.29) is 11.6 Å². The molecule has 3 heterocycles. The fourth-order valence-electron chi connectivity index (χ4n) is 5.05. The predicted octanol–water partition coefficient (Wildman–Crippen LogP) is 5.59. The number of morpholine rings is 1. The number of ketones is 1. The van der Waals surface area contributed by atoms with Crippen molar-refractivity contribution in [3.8, 4) is 11.3 Å². The first kappa shape index (κ1) is 24.3. The van der Waals surface area contributed by atoms with Gasteiger partial charge in [0.2, 0.25) is 0 Å². The first-order chi connectivity index (χ1) is 17.1. The van der Waals surface area contributed by atoms with Crippen molar-refractivity contribution in [3.05, 3.63) is 64.4 Å². The SMILES string of the molecule is O=C(CCCN1CCCC1)c1cc(-c2ccc(CN3CCOCC3)cc2Cl)nc2ccc(F)cc12. The molecule has 0 saturated carbocycles. The van der Waals surface area contributed by atoms with Crippen molar-refractivity contribution in [2.45, 2.75) is 32.2 Å². The third-order valence-corrected chi connectivity index (χ3v) is 7.28. The Bertz CT molecular complexity index is 1210. The quantitative estimate of drug-likeness (QED) is 0.381. The second-order valence-corrected chi connectivity index (χ2v) is 9.90. The van der Waals surface area contributed by atoms with Crippen LogP contribution in [0.4, 0.5) is 4.39 Å². The molecule has 0 atom stereocenters. The summed E-state index contributed by atoms with van der Waals surface area (Å²) in [5.41, 5.74) is 3.64. The molecular weight excluding hydrogens is 465 g/mol. The van der Waals surface area contributed by atoms with E-state index in [1.54, 1.807) is 12.1 Å². The van der Waals surface area contributed by atoms with Crippen LogP contribution in [0.25, 0.3) is 22.2 Å². The molecule has 2 fully saturated rings. The lowest BCUT2D eigenvalue weighted by Gasteiger charge is -2.26. The van der Waals surface area contributed by atoms with Gasteiger partial charge in [-0.25, -0.2) is 9.37 Å². The summed E-state index contributed by atoms with van der Waals surface area (Å²) in [4.78, 5) is 22.8. The minimum absolute atomic E-state index is 0.0171. The lowest BCUT2D eigenvalue weighted by Crippen LogP contribution is -2.35. The molecule has 0 radical (unpaired) electrons. The van der Waals surface area contributed by atoms with Gasteiger partial charge < -0.3 is 9.64 Å². The number of nitrogens with zero attached hydrogens (tertiary/aromatic N) is 3. The molecule has 0 unspecified atom stereocenters. The molecule has 35 heavy (non-hydrogen) atoms. The zero-order valence-electron chi connectivity index (χ0n) is 19.9. The maximum atomic E-state index is 14.1. The highest BCUT2D eigenvalue weighted by Crippen LogP contribution is 2.32. The number of rotatable bonds is 8. The normalized spacial score (nSPS) is 17.3. The van der Waals surface area contributed by atoms with Crippen LogP contribution in [0.3, 0.4) is 0 Å². The first-order valence-corrected chi connectivity index (χ1v) is 12.9. The Labute approximate surface area is 210 Å². The number of halogens is 2. The average Bonchev–Trinajstić information content (AvgIpc) is 3.38. The molecule has 2 aliphatic heterocycles. The zero-order chi connectivity index (χ0) is 24.2. The predicted molar refractivity (Wildman–Crippen MR) is 137 cm³/mol. The molecule has 2 aliphatic rings. The van der Waals surface area contributed by atoms with Gasteiger partial charge in [0.25, 0.3) is 0 Å². The summed E-state index contributed by atoms with van der Waals surface area (Å²) in [6.07, 6.45) is 3.69. The monoisotopic (exact) mass is 495 g/mol. The Morgan fingerprint density at radius 3 is 2.57 bits per heavy atom. The summed E-state index contributed by atoms with van der Waals surface area (Å²) in [6, 6.07) is 12.2. The van der Waals surface area contributed by atoms with Crippen LogP contribution in [0.1, 0.15) is 41.6 Å². The van der Waals surface area contributed by atoms with E-state index in [2.05, 4.69) is 15.9 Å². The maximum absolute atomic E-state index is 14.1. The third-order valence-electron chi connectivity index (χ3n) is 6.97. The Kier molecular flexibility index (Phi) is 7.73. The van der Waals surface area contributed by atoms with Crippen LogP contribution in [0.2, 0.25) is 5.02 Å². The number of likely N-dealkylation sites (tertiary alicyclic amines) is 1. The molecular formula is C28H31ClFN3O2. The van der Waals surface area contributed by atoms with Crippen LogP contribution >= 0.6 is 11.6 Å². The second-order valence-electron chi connectivity index (χ2n) is 9.49. The summed E-state index contributed by atoms with van der Waals surface area (Å²) in [5, 5.41) is 1.15. The van der Waals surface area contributed by atoms with Crippen LogP contribution in [0, 0.1) is 5.82 Å². The van der Waals surface area contributed by atoms with Crippen molar-refractivity contribution < 1.29 is 13.9 Å². The maximum Gasteiger partial charge on any atom is 0.163 e. The van der Waals surface area contributed by atoms with E-state index in [0.717, 1.165) is 70.0 Å². The molecule has 1 aromatic heterocycles. The number of carbonyl (C=O) groups is 1. The molecule has 0 spiro atoms. The van der Waals surface area contributed by atoms with Crippen molar-refractivity contribution >= 4 is 28.3 Å². The van der Waals surface area contributed by atoms with Gasteiger partial charge in [-0.05, 0) is 74.8 Å². The zero-order valence-corrected chi connectivity index (χ0v) is 20.7. The number of Topliss-reactive ketones (excluding diaryl/α,β-unsaturated/α-hetero) is 1. The Morgan fingerprint density at radius 2 is 1.80 bits per heavy atom. The fraction of sp³-hybridized carbons (Fsp3) is 0.429. The van der Waals surface area contributed by atoms with Crippen molar-refractivity contribution in [2.24, 2.45) is 0 Å². The minimum Gasteiger partial charge on any atom is -0.379 e. The minimum atomic E-state index is -0.372. The smallest absolute Gasteiger partial charge is 0.163 e. The molecule has 0 aliphatic carbocycles. The lowest BCUT2D eigenvalue weighted by atomic mass is 9.98.